The van der Waals surface area contributed by atoms with Gasteiger partial charge in [0.25, 0.3) is 0 Å². The van der Waals surface area contributed by atoms with Gasteiger partial charge in [-0.15, -0.1) is 0 Å². The van der Waals surface area contributed by atoms with Gasteiger partial charge in [0.2, 0.25) is 0 Å². The largest absolute Gasteiger partial charge is 0.489 e. The molecular formula is C13H17NO. The van der Waals surface area contributed by atoms with Gasteiger partial charge in [-0.2, -0.15) is 0 Å². The molecule has 0 unspecified atom stereocenters. The summed E-state index contributed by atoms with van der Waals surface area (Å²) in [6, 6.07) is 6.35. The molecule has 2 N–H and O–H groups in total. The SMILES string of the molecule is C=C(CN)COc1ccc2c(c1)CCC2. The Balaban J connectivity index is 2.01. The zero-order valence-corrected chi connectivity index (χ0v) is 8.96. The number of nitrogens with two attached hydrogens (primary N) is 1. The lowest BCUT2D eigenvalue weighted by Crippen LogP contribution is -2.09. The molecule has 1 aromatic carbocycles. The zero-order chi connectivity index (χ0) is 10.7. The number of rotatable bonds is 4. The molecule has 15 heavy (non-hydrogen) atoms. The van der Waals surface area contributed by atoms with Crippen LogP contribution in [0.3, 0.4) is 0 Å². The molecule has 0 aromatic heterocycles. The Labute approximate surface area is 90.7 Å². The first-order valence-corrected chi connectivity index (χ1v) is 5.41. The highest BCUT2D eigenvalue weighted by molar-refractivity contribution is 5.38. The van der Waals surface area contributed by atoms with E-state index in [2.05, 4.69) is 18.7 Å². The van der Waals surface area contributed by atoms with Crippen LogP contribution in [0.5, 0.6) is 5.75 Å². The van der Waals surface area contributed by atoms with Crippen molar-refractivity contribution in [1.82, 2.24) is 0 Å². The third-order valence-electron chi connectivity index (χ3n) is 2.80. The van der Waals surface area contributed by atoms with Crippen molar-refractivity contribution >= 4 is 0 Å². The first-order valence-electron chi connectivity index (χ1n) is 5.41. The molecule has 0 bridgehead atoms. The Kier molecular flexibility index (Phi) is 3.07. The summed E-state index contributed by atoms with van der Waals surface area (Å²) < 4.78 is 5.60. The molecule has 0 amide bonds. The monoisotopic (exact) mass is 203 g/mol. The fraction of sp³-hybridized carbons (Fsp3) is 0.385. The highest BCUT2D eigenvalue weighted by Gasteiger charge is 2.10. The van der Waals surface area contributed by atoms with Gasteiger partial charge in [0.05, 0.1) is 0 Å². The first-order chi connectivity index (χ1) is 7.29. The minimum atomic E-state index is 0.491. The summed E-state index contributed by atoms with van der Waals surface area (Å²) in [5.41, 5.74) is 9.28. The second-order valence-corrected chi connectivity index (χ2v) is 4.03. The van der Waals surface area contributed by atoms with Gasteiger partial charge < -0.3 is 10.5 Å². The van der Waals surface area contributed by atoms with Gasteiger partial charge >= 0.3 is 0 Å². The van der Waals surface area contributed by atoms with Crippen molar-refractivity contribution in [2.75, 3.05) is 13.2 Å². The summed E-state index contributed by atoms with van der Waals surface area (Å²) in [5, 5.41) is 0. The third kappa shape index (κ3) is 2.39. The van der Waals surface area contributed by atoms with E-state index < -0.39 is 0 Å². The summed E-state index contributed by atoms with van der Waals surface area (Å²) in [4.78, 5) is 0. The van der Waals surface area contributed by atoms with Crippen LogP contribution < -0.4 is 10.5 Å². The van der Waals surface area contributed by atoms with Crippen LogP contribution in [0.4, 0.5) is 0 Å². The molecule has 0 saturated carbocycles. The van der Waals surface area contributed by atoms with Crippen molar-refractivity contribution in [2.45, 2.75) is 19.3 Å². The average molecular weight is 203 g/mol. The number of aryl methyl sites for hydroxylation is 2. The maximum absolute atomic E-state index is 5.60. The van der Waals surface area contributed by atoms with E-state index in [1.807, 2.05) is 6.07 Å². The van der Waals surface area contributed by atoms with Crippen LogP contribution >= 0.6 is 0 Å². The summed E-state index contributed by atoms with van der Waals surface area (Å²) in [6.07, 6.45) is 3.67. The summed E-state index contributed by atoms with van der Waals surface area (Å²) in [7, 11) is 0. The predicted molar refractivity (Wildman–Crippen MR) is 62.2 cm³/mol. The lowest BCUT2D eigenvalue weighted by Gasteiger charge is -2.08. The molecule has 2 rings (SSSR count). The van der Waals surface area contributed by atoms with E-state index in [4.69, 9.17) is 10.5 Å². The van der Waals surface area contributed by atoms with E-state index in [9.17, 15) is 0 Å². The minimum Gasteiger partial charge on any atom is -0.489 e. The van der Waals surface area contributed by atoms with Gasteiger partial charge in [-0.05, 0) is 48.1 Å². The third-order valence-corrected chi connectivity index (χ3v) is 2.80. The average Bonchev–Trinajstić information content (AvgIpc) is 2.72. The molecule has 0 atom stereocenters. The fourth-order valence-corrected chi connectivity index (χ4v) is 1.88. The zero-order valence-electron chi connectivity index (χ0n) is 8.96. The summed E-state index contributed by atoms with van der Waals surface area (Å²) >= 11 is 0. The van der Waals surface area contributed by atoms with Gasteiger partial charge in [0.1, 0.15) is 12.4 Å². The van der Waals surface area contributed by atoms with Crippen LogP contribution in [0, 0.1) is 0 Å². The van der Waals surface area contributed by atoms with Gasteiger partial charge in [0.15, 0.2) is 0 Å². The van der Waals surface area contributed by atoms with Crippen LogP contribution in [-0.2, 0) is 12.8 Å². The van der Waals surface area contributed by atoms with Crippen LogP contribution in [0.2, 0.25) is 0 Å². The van der Waals surface area contributed by atoms with Crippen LogP contribution in [-0.4, -0.2) is 13.2 Å². The smallest absolute Gasteiger partial charge is 0.120 e. The van der Waals surface area contributed by atoms with Crippen molar-refractivity contribution in [2.24, 2.45) is 5.73 Å². The van der Waals surface area contributed by atoms with Crippen LogP contribution in [0.25, 0.3) is 0 Å². The highest BCUT2D eigenvalue weighted by Crippen LogP contribution is 2.26. The molecule has 1 aliphatic rings. The molecule has 0 heterocycles. The standard InChI is InChI=1S/C13H17NO/c1-10(8-14)9-15-13-6-5-11-3-2-4-12(11)7-13/h5-7H,1-4,8-9,14H2. The number of benzene rings is 1. The Morgan fingerprint density at radius 3 is 2.93 bits per heavy atom. The van der Waals surface area contributed by atoms with Crippen LogP contribution in [0.15, 0.2) is 30.4 Å². The molecule has 2 heteroatoms. The van der Waals surface area contributed by atoms with Crippen molar-refractivity contribution in [3.05, 3.63) is 41.5 Å². The Hall–Kier alpha value is -1.28. The van der Waals surface area contributed by atoms with Crippen molar-refractivity contribution in [3.8, 4) is 5.75 Å². The summed E-state index contributed by atoms with van der Waals surface area (Å²) in [6.45, 7) is 4.82. The first kappa shape index (κ1) is 10.2. The molecule has 1 aliphatic carbocycles. The second-order valence-electron chi connectivity index (χ2n) is 4.03. The molecule has 80 valence electrons. The topological polar surface area (TPSA) is 35.2 Å². The normalized spacial score (nSPS) is 13.7. The van der Waals surface area contributed by atoms with Gasteiger partial charge in [0, 0.05) is 6.54 Å². The predicted octanol–water partition coefficient (Wildman–Crippen LogP) is 2.07. The van der Waals surface area contributed by atoms with E-state index >= 15 is 0 Å². The maximum atomic E-state index is 5.60. The molecule has 0 saturated heterocycles. The molecule has 0 spiro atoms. The van der Waals surface area contributed by atoms with Gasteiger partial charge in [-0.25, -0.2) is 0 Å². The van der Waals surface area contributed by atoms with E-state index in [0.29, 0.717) is 13.2 Å². The molecule has 0 radical (unpaired) electrons. The number of hydrogen-bond acceptors (Lipinski definition) is 2. The minimum absolute atomic E-state index is 0.491. The molecular weight excluding hydrogens is 186 g/mol. The Morgan fingerprint density at radius 2 is 2.13 bits per heavy atom. The lowest BCUT2D eigenvalue weighted by molar-refractivity contribution is 0.350. The van der Waals surface area contributed by atoms with E-state index in [0.717, 1.165) is 11.3 Å². The van der Waals surface area contributed by atoms with Crippen molar-refractivity contribution < 1.29 is 4.74 Å². The summed E-state index contributed by atoms with van der Waals surface area (Å²) in [5.74, 6) is 0.935. The number of ether oxygens (including phenoxy) is 1. The maximum Gasteiger partial charge on any atom is 0.120 e. The highest BCUT2D eigenvalue weighted by atomic mass is 16.5. The molecule has 2 nitrogen and oxygen atoms in total. The van der Waals surface area contributed by atoms with E-state index in [-0.39, 0.29) is 0 Å². The lowest BCUT2D eigenvalue weighted by atomic mass is 10.1. The number of hydrogen-bond donors (Lipinski definition) is 1. The van der Waals surface area contributed by atoms with Gasteiger partial charge in [-0.3, -0.25) is 0 Å². The molecule has 0 fully saturated rings. The molecule has 1 aromatic rings. The van der Waals surface area contributed by atoms with E-state index in [1.54, 1.807) is 0 Å². The Morgan fingerprint density at radius 1 is 1.33 bits per heavy atom. The fourth-order valence-electron chi connectivity index (χ4n) is 1.88. The van der Waals surface area contributed by atoms with Crippen LogP contribution in [0.1, 0.15) is 17.5 Å². The molecule has 0 aliphatic heterocycles. The quantitative estimate of drug-likeness (QED) is 0.760. The van der Waals surface area contributed by atoms with E-state index in [1.165, 1.54) is 30.4 Å². The van der Waals surface area contributed by atoms with Crippen molar-refractivity contribution in [1.29, 1.82) is 0 Å². The number of fused-ring (bicyclic) bond motifs is 1. The second kappa shape index (κ2) is 4.49. The van der Waals surface area contributed by atoms with Gasteiger partial charge in [-0.1, -0.05) is 12.6 Å². The Bertz CT molecular complexity index is 371. The van der Waals surface area contributed by atoms with Crippen molar-refractivity contribution in [3.63, 3.8) is 0 Å².